The topological polar surface area (TPSA) is 65.8 Å². The molecule has 6 heteroatoms. The van der Waals surface area contributed by atoms with Gasteiger partial charge in [-0.15, -0.1) is 0 Å². The summed E-state index contributed by atoms with van der Waals surface area (Å²) in [6.45, 7) is 2.91. The molecule has 3 aromatic rings. The van der Waals surface area contributed by atoms with Crippen molar-refractivity contribution >= 4 is 32.5 Å². The molecule has 0 amide bonds. The molecular formula is C19H16FN3OS. The van der Waals surface area contributed by atoms with Crippen LogP contribution in [0.15, 0.2) is 42.5 Å². The van der Waals surface area contributed by atoms with Crippen LogP contribution in [0, 0.1) is 17.1 Å². The van der Waals surface area contributed by atoms with Crippen molar-refractivity contribution in [1.29, 1.82) is 5.26 Å². The van der Waals surface area contributed by atoms with Gasteiger partial charge in [-0.05, 0) is 36.2 Å². The van der Waals surface area contributed by atoms with Crippen molar-refractivity contribution in [1.82, 2.24) is 4.98 Å². The van der Waals surface area contributed by atoms with Gasteiger partial charge in [0, 0.05) is 6.54 Å². The van der Waals surface area contributed by atoms with Crippen molar-refractivity contribution in [2.75, 3.05) is 11.9 Å². The quantitative estimate of drug-likeness (QED) is 0.650. The minimum atomic E-state index is -1.05. The predicted molar refractivity (Wildman–Crippen MR) is 97.5 cm³/mol. The Hall–Kier alpha value is -2.78. The lowest BCUT2D eigenvalue weighted by atomic mass is 9.91. The zero-order valence-corrected chi connectivity index (χ0v) is 14.4. The number of benzene rings is 2. The van der Waals surface area contributed by atoms with Gasteiger partial charge in [-0.3, -0.25) is 4.79 Å². The summed E-state index contributed by atoms with van der Waals surface area (Å²) in [5.74, 6) is -2.19. The summed E-state index contributed by atoms with van der Waals surface area (Å²) in [7, 11) is 0. The van der Waals surface area contributed by atoms with Crippen LogP contribution in [-0.2, 0) is 0 Å². The fourth-order valence-electron chi connectivity index (χ4n) is 2.53. The number of anilines is 1. The minimum Gasteiger partial charge on any atom is -0.361 e. The monoisotopic (exact) mass is 353 g/mol. The molecule has 126 valence electrons. The Morgan fingerprint density at radius 3 is 2.88 bits per heavy atom. The Morgan fingerprint density at radius 2 is 2.16 bits per heavy atom. The Bertz CT molecular complexity index is 961. The number of carbonyl (C=O) groups is 1. The fourth-order valence-corrected chi connectivity index (χ4v) is 3.47. The largest absolute Gasteiger partial charge is 0.361 e. The van der Waals surface area contributed by atoms with Crippen LogP contribution in [0.2, 0.25) is 0 Å². The molecule has 0 aliphatic heterocycles. The molecule has 0 bridgehead atoms. The van der Waals surface area contributed by atoms with Gasteiger partial charge in [-0.25, -0.2) is 9.37 Å². The third-order valence-corrected chi connectivity index (χ3v) is 4.78. The number of aromatic nitrogens is 1. The van der Waals surface area contributed by atoms with Crippen LogP contribution in [0.1, 0.15) is 35.2 Å². The van der Waals surface area contributed by atoms with Crippen molar-refractivity contribution in [2.45, 2.75) is 19.3 Å². The first-order valence-electron chi connectivity index (χ1n) is 7.96. The van der Waals surface area contributed by atoms with E-state index in [1.165, 1.54) is 29.5 Å². The summed E-state index contributed by atoms with van der Waals surface area (Å²) in [6.07, 6.45) is 0.995. The number of nitriles is 1. The Kier molecular flexibility index (Phi) is 5.05. The van der Waals surface area contributed by atoms with Crippen molar-refractivity contribution in [3.8, 4) is 6.07 Å². The van der Waals surface area contributed by atoms with Gasteiger partial charge in [-0.1, -0.05) is 36.5 Å². The van der Waals surface area contributed by atoms with Gasteiger partial charge >= 0.3 is 0 Å². The molecule has 1 unspecified atom stereocenters. The number of Topliss-reactive ketones (excluding diaryl/α,β-unsaturated/α-hetero) is 1. The van der Waals surface area contributed by atoms with Gasteiger partial charge in [-0.2, -0.15) is 5.26 Å². The molecule has 0 saturated heterocycles. The molecule has 2 aromatic carbocycles. The number of thiazole rings is 1. The number of rotatable bonds is 6. The number of fused-ring (bicyclic) bond motifs is 1. The molecule has 3 rings (SSSR count). The summed E-state index contributed by atoms with van der Waals surface area (Å²) in [5, 5.41) is 13.5. The minimum absolute atomic E-state index is 0.0660. The Morgan fingerprint density at radius 1 is 1.36 bits per heavy atom. The second kappa shape index (κ2) is 7.41. The number of hydrogen-bond acceptors (Lipinski definition) is 5. The van der Waals surface area contributed by atoms with E-state index in [0.717, 1.165) is 28.3 Å². The molecule has 25 heavy (non-hydrogen) atoms. The summed E-state index contributed by atoms with van der Waals surface area (Å²) >= 11 is 1.47. The van der Waals surface area contributed by atoms with Crippen LogP contribution < -0.4 is 5.32 Å². The highest BCUT2D eigenvalue weighted by Crippen LogP contribution is 2.30. The molecule has 0 spiro atoms. The van der Waals surface area contributed by atoms with E-state index in [4.69, 9.17) is 0 Å². The normalized spacial score (nSPS) is 11.9. The lowest BCUT2D eigenvalue weighted by molar-refractivity contribution is 0.0975. The van der Waals surface area contributed by atoms with Crippen LogP contribution in [-0.4, -0.2) is 17.3 Å². The van der Waals surface area contributed by atoms with Crippen LogP contribution in [0.5, 0.6) is 0 Å². The van der Waals surface area contributed by atoms with Gasteiger partial charge in [0.2, 0.25) is 0 Å². The number of carbonyl (C=O) groups excluding carboxylic acids is 1. The van der Waals surface area contributed by atoms with Crippen molar-refractivity contribution in [3.63, 3.8) is 0 Å². The van der Waals surface area contributed by atoms with Gasteiger partial charge in [0.1, 0.15) is 11.7 Å². The fraction of sp³-hybridized carbons (Fsp3) is 0.211. The molecule has 0 aliphatic rings. The summed E-state index contributed by atoms with van der Waals surface area (Å²) < 4.78 is 14.8. The molecule has 1 atom stereocenters. The van der Waals surface area contributed by atoms with E-state index in [1.54, 1.807) is 24.3 Å². The molecular weight excluding hydrogens is 337 g/mol. The van der Waals surface area contributed by atoms with Gasteiger partial charge in [0.05, 0.1) is 21.8 Å². The second-order valence-electron chi connectivity index (χ2n) is 5.58. The summed E-state index contributed by atoms with van der Waals surface area (Å²) in [4.78, 5) is 17.1. The molecule has 1 N–H and O–H groups in total. The lowest BCUT2D eigenvalue weighted by Gasteiger charge is -2.09. The standard InChI is InChI=1S/C19H16FN3OS/c1-2-9-22-19-23-16-8-7-12(10-17(16)25-19)14(11-21)18(24)13-5-3-4-6-15(13)20/h3-8,10,14H,2,9H2,1H3,(H,22,23). The molecule has 4 nitrogen and oxygen atoms in total. The van der Waals surface area contributed by atoms with Crippen LogP contribution in [0.3, 0.4) is 0 Å². The van der Waals surface area contributed by atoms with Crippen LogP contribution >= 0.6 is 11.3 Å². The smallest absolute Gasteiger partial charge is 0.187 e. The van der Waals surface area contributed by atoms with E-state index < -0.39 is 17.5 Å². The van der Waals surface area contributed by atoms with E-state index in [-0.39, 0.29) is 5.56 Å². The number of nitrogens with one attached hydrogen (secondary N) is 1. The first-order valence-corrected chi connectivity index (χ1v) is 8.78. The van der Waals surface area contributed by atoms with E-state index >= 15 is 0 Å². The maximum Gasteiger partial charge on any atom is 0.187 e. The van der Waals surface area contributed by atoms with E-state index in [0.29, 0.717) is 5.56 Å². The molecule has 0 fully saturated rings. The highest BCUT2D eigenvalue weighted by Gasteiger charge is 2.24. The molecule has 0 radical (unpaired) electrons. The average molecular weight is 353 g/mol. The first kappa shape index (κ1) is 17.1. The van der Waals surface area contributed by atoms with Crippen molar-refractivity contribution in [2.24, 2.45) is 0 Å². The average Bonchev–Trinajstić information content (AvgIpc) is 3.03. The van der Waals surface area contributed by atoms with Gasteiger partial charge in [0.25, 0.3) is 0 Å². The lowest BCUT2D eigenvalue weighted by Crippen LogP contribution is -2.12. The number of nitrogens with zero attached hydrogens (tertiary/aromatic N) is 2. The highest BCUT2D eigenvalue weighted by atomic mass is 32.1. The van der Waals surface area contributed by atoms with E-state index in [1.807, 2.05) is 6.07 Å². The SMILES string of the molecule is CCCNc1nc2ccc(C(C#N)C(=O)c3ccccc3F)cc2s1. The number of ketones is 1. The van der Waals surface area contributed by atoms with Crippen molar-refractivity contribution in [3.05, 3.63) is 59.4 Å². The zero-order chi connectivity index (χ0) is 17.8. The third kappa shape index (κ3) is 3.52. The zero-order valence-electron chi connectivity index (χ0n) is 13.6. The highest BCUT2D eigenvalue weighted by molar-refractivity contribution is 7.22. The molecule has 1 heterocycles. The molecule has 0 aliphatic carbocycles. The Labute approximate surface area is 148 Å². The Balaban J connectivity index is 1.94. The van der Waals surface area contributed by atoms with Gasteiger partial charge < -0.3 is 5.32 Å². The third-order valence-electron chi connectivity index (χ3n) is 3.80. The maximum atomic E-state index is 13.9. The first-order chi connectivity index (χ1) is 12.1. The number of halogens is 1. The predicted octanol–water partition coefficient (Wildman–Crippen LogP) is 4.75. The van der Waals surface area contributed by atoms with Crippen molar-refractivity contribution < 1.29 is 9.18 Å². The van der Waals surface area contributed by atoms with Crippen LogP contribution in [0.4, 0.5) is 9.52 Å². The summed E-state index contributed by atoms with van der Waals surface area (Å²) in [6, 6.07) is 13.0. The number of hydrogen-bond donors (Lipinski definition) is 1. The molecule has 0 saturated carbocycles. The van der Waals surface area contributed by atoms with Gasteiger partial charge in [0.15, 0.2) is 10.9 Å². The van der Waals surface area contributed by atoms with Crippen LogP contribution in [0.25, 0.3) is 10.2 Å². The summed E-state index contributed by atoms with van der Waals surface area (Å²) in [5.41, 5.74) is 1.29. The second-order valence-corrected chi connectivity index (χ2v) is 6.61. The van der Waals surface area contributed by atoms with E-state index in [2.05, 4.69) is 17.2 Å². The molecule has 1 aromatic heterocycles. The maximum absolute atomic E-state index is 13.9. The van der Waals surface area contributed by atoms with E-state index in [9.17, 15) is 14.4 Å².